The number of carbonyl (C=O) groups is 2. The number of esters is 2. The highest BCUT2D eigenvalue weighted by Gasteiger charge is 2.38. The summed E-state index contributed by atoms with van der Waals surface area (Å²) < 4.78 is 11.4. The van der Waals surface area contributed by atoms with Crippen molar-refractivity contribution in [1.82, 2.24) is 0 Å². The average Bonchev–Trinajstić information content (AvgIpc) is 2.84. The van der Waals surface area contributed by atoms with Crippen molar-refractivity contribution < 1.29 is 19.1 Å². The molecule has 4 heteroatoms. The minimum absolute atomic E-state index is 0.361. The Balaban J connectivity index is 1.31. The Hall–Kier alpha value is -3.66. The Labute approximate surface area is 186 Å². The van der Waals surface area contributed by atoms with E-state index in [9.17, 15) is 9.59 Å². The van der Waals surface area contributed by atoms with Crippen molar-refractivity contribution in [3.63, 3.8) is 0 Å². The van der Waals surface area contributed by atoms with E-state index in [1.54, 1.807) is 12.1 Å². The number of hydrogen-bond donors (Lipinski definition) is 0. The number of carbonyl (C=O) groups excluding carboxylic acids is 2. The van der Waals surface area contributed by atoms with Gasteiger partial charge in [0, 0.05) is 0 Å². The van der Waals surface area contributed by atoms with Crippen LogP contribution in [-0.4, -0.2) is 11.9 Å². The van der Waals surface area contributed by atoms with Gasteiger partial charge in [0.05, 0.1) is 11.8 Å². The SMILES string of the molecule is O=C(Oc1ccc2ccccc2c1)[C@H]1CCCC[C@@H]1C(=O)Oc1ccc2ccccc2c1. The molecule has 2 atom stereocenters. The fraction of sp³-hybridized carbons (Fsp3) is 0.214. The average molecular weight is 424 g/mol. The third-order valence-corrected chi connectivity index (χ3v) is 6.25. The van der Waals surface area contributed by atoms with Gasteiger partial charge in [-0.15, -0.1) is 0 Å². The summed E-state index contributed by atoms with van der Waals surface area (Å²) in [6.45, 7) is 0. The molecular formula is C28H24O4. The summed E-state index contributed by atoms with van der Waals surface area (Å²) in [6, 6.07) is 27.0. The lowest BCUT2D eigenvalue weighted by Crippen LogP contribution is -2.37. The molecule has 4 nitrogen and oxygen atoms in total. The zero-order valence-corrected chi connectivity index (χ0v) is 17.7. The van der Waals surface area contributed by atoms with Crippen LogP contribution in [0.5, 0.6) is 11.5 Å². The maximum absolute atomic E-state index is 13.0. The zero-order chi connectivity index (χ0) is 21.9. The summed E-state index contributed by atoms with van der Waals surface area (Å²) in [7, 11) is 0. The smallest absolute Gasteiger partial charge is 0.315 e. The minimum Gasteiger partial charge on any atom is -0.426 e. The molecule has 0 saturated heterocycles. The predicted molar refractivity (Wildman–Crippen MR) is 125 cm³/mol. The van der Waals surface area contributed by atoms with Gasteiger partial charge in [-0.2, -0.15) is 0 Å². The lowest BCUT2D eigenvalue weighted by molar-refractivity contribution is -0.152. The first-order valence-corrected chi connectivity index (χ1v) is 11.1. The van der Waals surface area contributed by atoms with Gasteiger partial charge in [0.15, 0.2) is 0 Å². The highest BCUT2D eigenvalue weighted by Crippen LogP contribution is 2.33. The molecule has 0 bridgehead atoms. The van der Waals surface area contributed by atoms with Crippen molar-refractivity contribution in [1.29, 1.82) is 0 Å². The van der Waals surface area contributed by atoms with Crippen LogP contribution >= 0.6 is 0 Å². The van der Waals surface area contributed by atoms with E-state index in [1.807, 2.05) is 72.8 Å². The molecule has 0 aliphatic heterocycles. The maximum atomic E-state index is 13.0. The molecule has 1 fully saturated rings. The molecular weight excluding hydrogens is 400 g/mol. The van der Waals surface area contributed by atoms with Crippen LogP contribution in [-0.2, 0) is 9.59 Å². The normalized spacial score (nSPS) is 18.4. The summed E-state index contributed by atoms with van der Waals surface area (Å²) in [5, 5.41) is 4.19. The van der Waals surface area contributed by atoms with Crippen LogP contribution in [0, 0.1) is 11.8 Å². The summed E-state index contributed by atoms with van der Waals surface area (Å²) >= 11 is 0. The third-order valence-electron chi connectivity index (χ3n) is 6.25. The van der Waals surface area contributed by atoms with Gasteiger partial charge < -0.3 is 9.47 Å². The topological polar surface area (TPSA) is 52.6 Å². The first-order chi connectivity index (χ1) is 15.7. The molecule has 0 radical (unpaired) electrons. The minimum atomic E-state index is -0.497. The van der Waals surface area contributed by atoms with Gasteiger partial charge >= 0.3 is 11.9 Å². The quantitative estimate of drug-likeness (QED) is 0.285. The van der Waals surface area contributed by atoms with Crippen LogP contribution in [0.3, 0.4) is 0 Å². The lowest BCUT2D eigenvalue weighted by Gasteiger charge is -2.28. The molecule has 0 N–H and O–H groups in total. The first-order valence-electron chi connectivity index (χ1n) is 11.1. The third kappa shape index (κ3) is 4.22. The predicted octanol–water partition coefficient (Wildman–Crippen LogP) is 6.31. The Kier molecular flexibility index (Phi) is 5.59. The highest BCUT2D eigenvalue weighted by atomic mass is 16.5. The fourth-order valence-corrected chi connectivity index (χ4v) is 4.54. The van der Waals surface area contributed by atoms with Crippen molar-refractivity contribution >= 4 is 33.5 Å². The maximum Gasteiger partial charge on any atom is 0.315 e. The van der Waals surface area contributed by atoms with E-state index in [0.717, 1.165) is 34.4 Å². The van der Waals surface area contributed by atoms with Crippen molar-refractivity contribution in [2.75, 3.05) is 0 Å². The van der Waals surface area contributed by atoms with Crippen LogP contribution in [0.15, 0.2) is 84.9 Å². The summed E-state index contributed by atoms with van der Waals surface area (Å²) in [5.41, 5.74) is 0. The highest BCUT2D eigenvalue weighted by molar-refractivity contribution is 5.88. The molecule has 0 spiro atoms. The molecule has 4 aromatic carbocycles. The van der Waals surface area contributed by atoms with E-state index in [1.165, 1.54) is 0 Å². The van der Waals surface area contributed by atoms with Crippen molar-refractivity contribution in [2.45, 2.75) is 25.7 Å². The number of benzene rings is 4. The molecule has 0 heterocycles. The fourth-order valence-electron chi connectivity index (χ4n) is 4.54. The lowest BCUT2D eigenvalue weighted by atomic mass is 9.79. The van der Waals surface area contributed by atoms with E-state index in [4.69, 9.17) is 9.47 Å². The van der Waals surface area contributed by atoms with Crippen LogP contribution in [0.4, 0.5) is 0 Å². The molecule has 0 aromatic heterocycles. The van der Waals surface area contributed by atoms with Gasteiger partial charge in [0.2, 0.25) is 0 Å². The number of ether oxygens (including phenoxy) is 2. The molecule has 1 saturated carbocycles. The van der Waals surface area contributed by atoms with Gasteiger partial charge in [-0.3, -0.25) is 9.59 Å². The second-order valence-corrected chi connectivity index (χ2v) is 8.36. The largest absolute Gasteiger partial charge is 0.426 e. The van der Waals surface area contributed by atoms with Crippen LogP contribution in [0.2, 0.25) is 0 Å². The van der Waals surface area contributed by atoms with Gasteiger partial charge in [0.25, 0.3) is 0 Å². The molecule has 1 aliphatic carbocycles. The summed E-state index contributed by atoms with van der Waals surface area (Å²) in [4.78, 5) is 26.0. The van der Waals surface area contributed by atoms with E-state index in [-0.39, 0.29) is 11.9 Å². The zero-order valence-electron chi connectivity index (χ0n) is 17.7. The molecule has 160 valence electrons. The Morgan fingerprint density at radius 1 is 0.562 bits per heavy atom. The van der Waals surface area contributed by atoms with E-state index in [0.29, 0.717) is 24.3 Å². The second kappa shape index (κ2) is 8.83. The standard InChI is InChI=1S/C28H24O4/c29-27(31-23-15-13-19-7-1-3-9-21(19)17-23)25-11-5-6-12-26(25)28(30)32-24-16-14-20-8-2-4-10-22(20)18-24/h1-4,7-10,13-18,25-26H,5-6,11-12H2/t25-,26-/m0/s1. The monoisotopic (exact) mass is 424 g/mol. The van der Waals surface area contributed by atoms with Crippen LogP contribution < -0.4 is 9.47 Å². The molecule has 0 unspecified atom stereocenters. The van der Waals surface area contributed by atoms with Crippen molar-refractivity contribution in [2.24, 2.45) is 11.8 Å². The number of rotatable bonds is 4. The molecule has 0 amide bonds. The van der Waals surface area contributed by atoms with E-state index < -0.39 is 11.8 Å². The Morgan fingerprint density at radius 3 is 1.41 bits per heavy atom. The van der Waals surface area contributed by atoms with Crippen LogP contribution in [0.25, 0.3) is 21.5 Å². The van der Waals surface area contributed by atoms with Gasteiger partial charge in [-0.05, 0) is 58.7 Å². The van der Waals surface area contributed by atoms with Gasteiger partial charge in [-0.25, -0.2) is 0 Å². The van der Waals surface area contributed by atoms with E-state index in [2.05, 4.69) is 0 Å². The molecule has 4 aromatic rings. The number of fused-ring (bicyclic) bond motifs is 2. The number of hydrogen-bond acceptors (Lipinski definition) is 4. The van der Waals surface area contributed by atoms with Crippen molar-refractivity contribution in [3.8, 4) is 11.5 Å². The molecule has 5 rings (SSSR count). The van der Waals surface area contributed by atoms with Crippen LogP contribution in [0.1, 0.15) is 25.7 Å². The second-order valence-electron chi connectivity index (χ2n) is 8.36. The first kappa shape index (κ1) is 20.3. The molecule has 32 heavy (non-hydrogen) atoms. The molecule has 1 aliphatic rings. The Morgan fingerprint density at radius 2 is 0.969 bits per heavy atom. The van der Waals surface area contributed by atoms with Crippen molar-refractivity contribution in [3.05, 3.63) is 84.9 Å². The Bertz CT molecular complexity index is 1190. The van der Waals surface area contributed by atoms with Gasteiger partial charge in [0.1, 0.15) is 11.5 Å². The summed E-state index contributed by atoms with van der Waals surface area (Å²) in [6.07, 6.45) is 3.06. The summed E-state index contributed by atoms with van der Waals surface area (Å²) in [5.74, 6) is -0.714. The van der Waals surface area contributed by atoms with E-state index >= 15 is 0 Å². The van der Waals surface area contributed by atoms with Gasteiger partial charge in [-0.1, -0.05) is 73.5 Å².